The number of hydrogen-bond acceptors (Lipinski definition) is 2. The van der Waals surface area contributed by atoms with Crippen LogP contribution in [0.4, 0.5) is 0 Å². The van der Waals surface area contributed by atoms with Crippen molar-refractivity contribution in [3.63, 3.8) is 0 Å². The summed E-state index contributed by atoms with van der Waals surface area (Å²) >= 11 is 0. The van der Waals surface area contributed by atoms with Gasteiger partial charge in [-0.25, -0.2) is 0 Å². The lowest BCUT2D eigenvalue weighted by Crippen LogP contribution is -2.47. The third kappa shape index (κ3) is 3.38. The maximum atomic E-state index is 12.1. The summed E-state index contributed by atoms with van der Waals surface area (Å²) in [5.74, 6) is -1.07. The monoisotopic (exact) mass is 277 g/mol. The molecule has 0 spiro atoms. The minimum atomic E-state index is -1.12. The molecule has 0 fully saturated rings. The predicted octanol–water partition coefficient (Wildman–Crippen LogP) is 2.58. The number of amides is 1. The summed E-state index contributed by atoms with van der Waals surface area (Å²) in [6, 6.07) is 8.98. The molecule has 0 aliphatic carbocycles. The van der Waals surface area contributed by atoms with Gasteiger partial charge >= 0.3 is 5.97 Å². The van der Waals surface area contributed by atoms with Crippen LogP contribution in [-0.2, 0) is 15.0 Å². The first kappa shape index (κ1) is 16.2. The van der Waals surface area contributed by atoms with Crippen molar-refractivity contribution in [1.82, 2.24) is 5.32 Å². The third-order valence-corrected chi connectivity index (χ3v) is 3.98. The van der Waals surface area contributed by atoms with Crippen LogP contribution in [0.3, 0.4) is 0 Å². The highest BCUT2D eigenvalue weighted by Gasteiger charge is 2.37. The first-order valence-corrected chi connectivity index (χ1v) is 6.81. The molecule has 0 radical (unpaired) electrons. The second-order valence-electron chi connectivity index (χ2n) is 5.92. The number of nitrogens with one attached hydrogen (secondary N) is 1. The topological polar surface area (TPSA) is 66.4 Å². The lowest BCUT2D eigenvalue weighted by Gasteiger charge is -2.28. The summed E-state index contributed by atoms with van der Waals surface area (Å²) < 4.78 is 0. The van der Waals surface area contributed by atoms with Crippen molar-refractivity contribution in [3.8, 4) is 0 Å². The van der Waals surface area contributed by atoms with Crippen LogP contribution in [0.25, 0.3) is 0 Å². The number of carbonyl (C=O) groups is 2. The van der Waals surface area contributed by atoms with Gasteiger partial charge in [0.2, 0.25) is 5.91 Å². The van der Waals surface area contributed by atoms with Crippen LogP contribution in [0.2, 0.25) is 0 Å². The molecule has 1 amide bonds. The van der Waals surface area contributed by atoms with E-state index in [0.717, 1.165) is 0 Å². The number of carboxylic acid groups (broad SMARTS) is 1. The molecule has 0 heterocycles. The van der Waals surface area contributed by atoms with E-state index in [-0.39, 0.29) is 12.5 Å². The van der Waals surface area contributed by atoms with Crippen LogP contribution in [0.15, 0.2) is 30.3 Å². The summed E-state index contributed by atoms with van der Waals surface area (Å²) in [7, 11) is 0. The van der Waals surface area contributed by atoms with Gasteiger partial charge in [0.25, 0.3) is 0 Å². The Morgan fingerprint density at radius 3 is 2.15 bits per heavy atom. The Balaban J connectivity index is 2.90. The zero-order valence-corrected chi connectivity index (χ0v) is 12.6. The van der Waals surface area contributed by atoms with Crippen molar-refractivity contribution in [2.75, 3.05) is 6.54 Å². The normalized spacial score (nSPS) is 14.4. The van der Waals surface area contributed by atoms with E-state index in [0.29, 0.717) is 12.0 Å². The Labute approximate surface area is 120 Å². The second kappa shape index (κ2) is 6.07. The molecule has 0 aromatic heterocycles. The fraction of sp³-hybridized carbons (Fsp3) is 0.500. The van der Waals surface area contributed by atoms with Crippen LogP contribution in [0.5, 0.6) is 0 Å². The van der Waals surface area contributed by atoms with E-state index < -0.39 is 16.8 Å². The smallest absolute Gasteiger partial charge is 0.315 e. The molecule has 20 heavy (non-hydrogen) atoms. The number of carboxylic acids is 1. The highest BCUT2D eigenvalue weighted by atomic mass is 16.4. The van der Waals surface area contributed by atoms with Crippen LogP contribution in [0.1, 0.15) is 39.7 Å². The molecule has 110 valence electrons. The average molecular weight is 277 g/mol. The van der Waals surface area contributed by atoms with Crippen molar-refractivity contribution >= 4 is 11.9 Å². The Hall–Kier alpha value is -1.84. The molecule has 1 aromatic rings. The van der Waals surface area contributed by atoms with Crippen molar-refractivity contribution < 1.29 is 14.7 Å². The summed E-state index contributed by atoms with van der Waals surface area (Å²) in [4.78, 5) is 23.7. The van der Waals surface area contributed by atoms with Crippen LogP contribution < -0.4 is 5.32 Å². The molecule has 0 aliphatic heterocycles. The lowest BCUT2D eigenvalue weighted by molar-refractivity contribution is -0.143. The van der Waals surface area contributed by atoms with Crippen LogP contribution >= 0.6 is 0 Å². The van der Waals surface area contributed by atoms with Gasteiger partial charge in [-0.05, 0) is 18.9 Å². The Kier molecular flexibility index (Phi) is 4.93. The number of carbonyl (C=O) groups excluding carboxylic acids is 1. The molecule has 2 N–H and O–H groups in total. The van der Waals surface area contributed by atoms with Gasteiger partial charge in [0.05, 0.1) is 0 Å². The molecule has 1 rings (SSSR count). The molecule has 1 unspecified atom stereocenters. The standard InChI is InChI=1S/C16H23NO3/c1-5-15(2,3)13(18)17-11-16(4,14(19)20)12-9-7-6-8-10-12/h6-10H,5,11H2,1-4H3,(H,17,18)(H,19,20). The third-order valence-electron chi connectivity index (χ3n) is 3.98. The zero-order valence-electron chi connectivity index (χ0n) is 12.6. The quantitative estimate of drug-likeness (QED) is 0.840. The van der Waals surface area contributed by atoms with Gasteiger partial charge in [0.1, 0.15) is 5.41 Å². The van der Waals surface area contributed by atoms with Crippen LogP contribution in [0, 0.1) is 5.41 Å². The van der Waals surface area contributed by atoms with Crippen molar-refractivity contribution in [3.05, 3.63) is 35.9 Å². The van der Waals surface area contributed by atoms with E-state index in [4.69, 9.17) is 0 Å². The number of benzene rings is 1. The van der Waals surface area contributed by atoms with E-state index in [1.165, 1.54) is 0 Å². The van der Waals surface area contributed by atoms with E-state index in [1.807, 2.05) is 26.8 Å². The zero-order chi connectivity index (χ0) is 15.4. The summed E-state index contributed by atoms with van der Waals surface area (Å²) in [6.07, 6.45) is 0.702. The molecule has 0 bridgehead atoms. The van der Waals surface area contributed by atoms with Crippen molar-refractivity contribution in [2.45, 2.75) is 39.5 Å². The molecule has 1 atom stereocenters. The fourth-order valence-electron chi connectivity index (χ4n) is 1.76. The minimum Gasteiger partial charge on any atom is -0.481 e. The molecule has 0 aliphatic rings. The van der Waals surface area contributed by atoms with E-state index in [1.54, 1.807) is 31.2 Å². The van der Waals surface area contributed by atoms with E-state index >= 15 is 0 Å². The Morgan fingerprint density at radius 1 is 1.15 bits per heavy atom. The predicted molar refractivity (Wildman–Crippen MR) is 78.5 cm³/mol. The molecule has 4 nitrogen and oxygen atoms in total. The van der Waals surface area contributed by atoms with Crippen molar-refractivity contribution in [2.24, 2.45) is 5.41 Å². The Bertz CT molecular complexity index is 482. The number of rotatable bonds is 6. The fourth-order valence-corrected chi connectivity index (χ4v) is 1.76. The van der Waals surface area contributed by atoms with E-state index in [9.17, 15) is 14.7 Å². The highest BCUT2D eigenvalue weighted by molar-refractivity contribution is 5.85. The molecule has 4 heteroatoms. The summed E-state index contributed by atoms with van der Waals surface area (Å²) in [6.45, 7) is 7.34. The highest BCUT2D eigenvalue weighted by Crippen LogP contribution is 2.25. The first-order valence-electron chi connectivity index (χ1n) is 6.81. The Morgan fingerprint density at radius 2 is 1.70 bits per heavy atom. The van der Waals surface area contributed by atoms with Gasteiger partial charge in [-0.15, -0.1) is 0 Å². The van der Waals surface area contributed by atoms with Crippen molar-refractivity contribution in [1.29, 1.82) is 0 Å². The number of hydrogen-bond donors (Lipinski definition) is 2. The summed E-state index contributed by atoms with van der Waals surface area (Å²) in [5, 5.41) is 12.3. The SMILES string of the molecule is CCC(C)(C)C(=O)NCC(C)(C(=O)O)c1ccccc1. The largest absolute Gasteiger partial charge is 0.481 e. The maximum Gasteiger partial charge on any atom is 0.315 e. The maximum absolute atomic E-state index is 12.1. The van der Waals surface area contributed by atoms with Gasteiger partial charge in [-0.3, -0.25) is 9.59 Å². The van der Waals surface area contributed by atoms with Crippen LogP contribution in [-0.4, -0.2) is 23.5 Å². The lowest BCUT2D eigenvalue weighted by atomic mass is 9.81. The number of aliphatic carboxylic acids is 1. The average Bonchev–Trinajstić information content (AvgIpc) is 2.44. The molecule has 0 saturated carbocycles. The first-order chi connectivity index (χ1) is 9.24. The van der Waals surface area contributed by atoms with Gasteiger partial charge in [-0.2, -0.15) is 0 Å². The molecule has 1 aromatic carbocycles. The van der Waals surface area contributed by atoms with Gasteiger partial charge < -0.3 is 10.4 Å². The van der Waals surface area contributed by atoms with Gasteiger partial charge in [0.15, 0.2) is 0 Å². The minimum absolute atomic E-state index is 0.0780. The molecule has 0 saturated heterocycles. The van der Waals surface area contributed by atoms with E-state index in [2.05, 4.69) is 5.32 Å². The van der Waals surface area contributed by atoms with Gasteiger partial charge in [-0.1, -0.05) is 51.1 Å². The molecular formula is C16H23NO3. The second-order valence-corrected chi connectivity index (χ2v) is 5.92. The summed E-state index contributed by atoms with van der Waals surface area (Å²) in [5.41, 5.74) is -0.932. The molecular weight excluding hydrogens is 254 g/mol. The van der Waals surface area contributed by atoms with Gasteiger partial charge in [0, 0.05) is 12.0 Å².